The molecular weight excluding hydrogens is 311 g/mol. The zero-order valence-electron chi connectivity index (χ0n) is 11.0. The lowest BCUT2D eigenvalue weighted by Crippen LogP contribution is -2.35. The van der Waals surface area contributed by atoms with Crippen LogP contribution in [-0.2, 0) is 0 Å². The van der Waals surface area contributed by atoms with Gasteiger partial charge in [-0.2, -0.15) is 0 Å². The number of hydrogen-bond acceptors (Lipinski definition) is 2. The Bertz CT molecular complexity index is 461. The number of nitrogens with zero attached hydrogens (tertiary/aromatic N) is 2. The van der Waals surface area contributed by atoms with Crippen LogP contribution in [0.5, 0.6) is 0 Å². The molecule has 1 aromatic rings. The van der Waals surface area contributed by atoms with Gasteiger partial charge in [0.05, 0.1) is 5.56 Å². The van der Waals surface area contributed by atoms with Gasteiger partial charge in [-0.1, -0.05) is 0 Å². The summed E-state index contributed by atoms with van der Waals surface area (Å²) in [5, 5.41) is 0. The Balaban J connectivity index is 1.95. The van der Waals surface area contributed by atoms with Gasteiger partial charge >= 0.3 is 0 Å². The van der Waals surface area contributed by atoms with Crippen LogP contribution < -0.4 is 0 Å². The Morgan fingerprint density at radius 3 is 2.79 bits per heavy atom. The summed E-state index contributed by atoms with van der Waals surface area (Å²) in [6, 6.07) is 4.18. The summed E-state index contributed by atoms with van der Waals surface area (Å²) >= 11 is 3.29. The van der Waals surface area contributed by atoms with Crippen LogP contribution in [-0.4, -0.2) is 48.9 Å². The number of likely N-dealkylation sites (N-methyl/N-ethyl adjacent to an activating group) is 1. The van der Waals surface area contributed by atoms with Gasteiger partial charge in [-0.3, -0.25) is 4.79 Å². The van der Waals surface area contributed by atoms with E-state index in [0.717, 1.165) is 19.6 Å². The lowest BCUT2D eigenvalue weighted by atomic mass is 10.2. The van der Waals surface area contributed by atoms with Crippen LogP contribution in [0.15, 0.2) is 22.7 Å². The average molecular weight is 329 g/mol. The SMILES string of the molecule is CN(CCN1CCCC1)C(=O)c1cc(F)ccc1Br. The zero-order valence-corrected chi connectivity index (χ0v) is 12.6. The van der Waals surface area contributed by atoms with Crippen LogP contribution >= 0.6 is 15.9 Å². The summed E-state index contributed by atoms with van der Waals surface area (Å²) in [6.07, 6.45) is 2.49. The highest BCUT2D eigenvalue weighted by atomic mass is 79.9. The second-order valence-corrected chi connectivity index (χ2v) is 5.75. The Morgan fingerprint density at radius 1 is 1.42 bits per heavy atom. The Kier molecular flexibility index (Phi) is 4.93. The van der Waals surface area contributed by atoms with E-state index in [-0.39, 0.29) is 11.7 Å². The van der Waals surface area contributed by atoms with Crippen LogP contribution in [0, 0.1) is 5.82 Å². The number of halogens is 2. The third-order valence-corrected chi connectivity index (χ3v) is 4.15. The number of carbonyl (C=O) groups is 1. The van der Waals surface area contributed by atoms with E-state index in [2.05, 4.69) is 20.8 Å². The molecule has 1 aliphatic heterocycles. The van der Waals surface area contributed by atoms with Crippen molar-refractivity contribution in [1.82, 2.24) is 9.80 Å². The molecule has 5 heteroatoms. The van der Waals surface area contributed by atoms with E-state index in [9.17, 15) is 9.18 Å². The minimum absolute atomic E-state index is 0.148. The fourth-order valence-corrected chi connectivity index (χ4v) is 2.68. The first-order valence-electron chi connectivity index (χ1n) is 6.51. The van der Waals surface area contributed by atoms with Crippen molar-refractivity contribution in [3.05, 3.63) is 34.1 Å². The molecule has 0 N–H and O–H groups in total. The second kappa shape index (κ2) is 6.48. The van der Waals surface area contributed by atoms with E-state index < -0.39 is 0 Å². The second-order valence-electron chi connectivity index (χ2n) is 4.90. The van der Waals surface area contributed by atoms with Gasteiger partial charge < -0.3 is 9.80 Å². The number of amides is 1. The molecular formula is C14H18BrFN2O. The molecule has 0 radical (unpaired) electrons. The number of carbonyl (C=O) groups excluding carboxylic acids is 1. The summed E-state index contributed by atoms with van der Waals surface area (Å²) in [5.41, 5.74) is 0.379. The topological polar surface area (TPSA) is 23.6 Å². The Hall–Kier alpha value is -0.940. The molecule has 1 saturated heterocycles. The largest absolute Gasteiger partial charge is 0.340 e. The molecule has 1 heterocycles. The molecule has 0 aliphatic carbocycles. The summed E-state index contributed by atoms with van der Waals surface area (Å²) in [5.74, 6) is -0.537. The minimum Gasteiger partial charge on any atom is -0.340 e. The van der Waals surface area contributed by atoms with E-state index in [1.54, 1.807) is 18.0 Å². The van der Waals surface area contributed by atoms with Crippen LogP contribution in [0.25, 0.3) is 0 Å². The Morgan fingerprint density at radius 2 is 2.11 bits per heavy atom. The third kappa shape index (κ3) is 3.76. The normalized spacial score (nSPS) is 15.7. The number of rotatable bonds is 4. The summed E-state index contributed by atoms with van der Waals surface area (Å²) in [4.78, 5) is 16.2. The fourth-order valence-electron chi connectivity index (χ4n) is 2.27. The van der Waals surface area contributed by atoms with Crippen LogP contribution in [0.3, 0.4) is 0 Å². The van der Waals surface area contributed by atoms with Gasteiger partial charge in [0.1, 0.15) is 5.82 Å². The smallest absolute Gasteiger partial charge is 0.254 e. The zero-order chi connectivity index (χ0) is 13.8. The quantitative estimate of drug-likeness (QED) is 0.848. The average Bonchev–Trinajstić information content (AvgIpc) is 2.91. The standard InChI is InChI=1S/C14H18BrFN2O/c1-17(8-9-18-6-2-3-7-18)14(19)12-10-11(16)4-5-13(12)15/h4-5,10H,2-3,6-9H2,1H3. The van der Waals surface area contributed by atoms with Crippen LogP contribution in [0.1, 0.15) is 23.2 Å². The monoisotopic (exact) mass is 328 g/mol. The van der Waals surface area contributed by atoms with E-state index in [1.165, 1.54) is 25.0 Å². The molecule has 1 aromatic carbocycles. The van der Waals surface area contributed by atoms with E-state index >= 15 is 0 Å². The molecule has 0 unspecified atom stereocenters. The van der Waals surface area contributed by atoms with Crippen molar-refractivity contribution < 1.29 is 9.18 Å². The molecule has 3 nitrogen and oxygen atoms in total. The lowest BCUT2D eigenvalue weighted by Gasteiger charge is -2.22. The highest BCUT2D eigenvalue weighted by Gasteiger charge is 2.17. The maximum atomic E-state index is 13.2. The maximum Gasteiger partial charge on any atom is 0.254 e. The predicted molar refractivity (Wildman–Crippen MR) is 76.7 cm³/mol. The lowest BCUT2D eigenvalue weighted by molar-refractivity contribution is 0.0781. The molecule has 0 bridgehead atoms. The predicted octanol–water partition coefficient (Wildman–Crippen LogP) is 2.76. The molecule has 2 rings (SSSR count). The minimum atomic E-state index is -0.389. The molecule has 0 atom stereocenters. The molecule has 1 aliphatic rings. The summed E-state index contributed by atoms with van der Waals surface area (Å²) in [6.45, 7) is 3.79. The van der Waals surface area contributed by atoms with Crippen molar-refractivity contribution in [2.75, 3.05) is 33.2 Å². The number of benzene rings is 1. The molecule has 0 spiro atoms. The molecule has 104 valence electrons. The van der Waals surface area contributed by atoms with Gasteiger partial charge in [0.25, 0.3) is 5.91 Å². The van der Waals surface area contributed by atoms with Gasteiger partial charge in [-0.05, 0) is 60.1 Å². The molecule has 19 heavy (non-hydrogen) atoms. The van der Waals surface area contributed by atoms with Gasteiger partial charge in [0.2, 0.25) is 0 Å². The highest BCUT2D eigenvalue weighted by Crippen LogP contribution is 2.19. The van der Waals surface area contributed by atoms with Crippen LogP contribution in [0.4, 0.5) is 4.39 Å². The summed E-state index contributed by atoms with van der Waals surface area (Å²) < 4.78 is 13.8. The van der Waals surface area contributed by atoms with Gasteiger partial charge in [-0.25, -0.2) is 4.39 Å². The summed E-state index contributed by atoms with van der Waals surface area (Å²) in [7, 11) is 1.76. The first kappa shape index (κ1) is 14.5. The first-order valence-corrected chi connectivity index (χ1v) is 7.30. The molecule has 0 aromatic heterocycles. The Labute approximate surface area is 121 Å². The number of hydrogen-bond donors (Lipinski definition) is 0. The maximum absolute atomic E-state index is 13.2. The van der Waals surface area contributed by atoms with Crippen LogP contribution in [0.2, 0.25) is 0 Å². The van der Waals surface area contributed by atoms with Crippen molar-refractivity contribution in [2.45, 2.75) is 12.8 Å². The number of likely N-dealkylation sites (tertiary alicyclic amines) is 1. The van der Waals surface area contributed by atoms with Gasteiger partial charge in [0, 0.05) is 24.6 Å². The molecule has 1 amide bonds. The van der Waals surface area contributed by atoms with Crippen molar-refractivity contribution >= 4 is 21.8 Å². The van der Waals surface area contributed by atoms with Crippen molar-refractivity contribution in [2.24, 2.45) is 0 Å². The van der Waals surface area contributed by atoms with Crippen molar-refractivity contribution in [3.8, 4) is 0 Å². The van der Waals surface area contributed by atoms with Gasteiger partial charge in [0.15, 0.2) is 0 Å². The molecule has 0 saturated carbocycles. The van der Waals surface area contributed by atoms with E-state index in [4.69, 9.17) is 0 Å². The fraction of sp³-hybridized carbons (Fsp3) is 0.500. The van der Waals surface area contributed by atoms with E-state index in [0.29, 0.717) is 16.6 Å². The van der Waals surface area contributed by atoms with Gasteiger partial charge in [-0.15, -0.1) is 0 Å². The van der Waals surface area contributed by atoms with Crippen molar-refractivity contribution in [1.29, 1.82) is 0 Å². The van der Waals surface area contributed by atoms with E-state index in [1.807, 2.05) is 0 Å². The van der Waals surface area contributed by atoms with Crippen molar-refractivity contribution in [3.63, 3.8) is 0 Å². The highest BCUT2D eigenvalue weighted by molar-refractivity contribution is 9.10. The third-order valence-electron chi connectivity index (χ3n) is 3.46. The first-order chi connectivity index (χ1) is 9.08. The molecule has 1 fully saturated rings.